The van der Waals surface area contributed by atoms with Crippen molar-refractivity contribution in [1.82, 2.24) is 6.15 Å². The van der Waals surface area contributed by atoms with Crippen LogP contribution in [0.3, 0.4) is 0 Å². The third kappa shape index (κ3) is 11200. The molecule has 0 aromatic heterocycles. The summed E-state index contributed by atoms with van der Waals surface area (Å²) < 4.78 is 224. The monoisotopic (exact) mass is 1260 g/mol. The van der Waals surface area contributed by atoms with Crippen molar-refractivity contribution in [2.24, 2.45) is 0 Å². The van der Waals surface area contributed by atoms with Crippen LogP contribution in [-0.4, -0.2) is 52.6 Å². The van der Waals surface area contributed by atoms with Gasteiger partial charge in [0, 0.05) is 21.1 Å². The molecule has 29 nitrogen and oxygen atoms in total. The summed E-state index contributed by atoms with van der Waals surface area (Å²) in [5, 5.41) is 0. The van der Waals surface area contributed by atoms with Crippen molar-refractivity contribution in [3.05, 3.63) is 0 Å². The van der Waals surface area contributed by atoms with Crippen LogP contribution in [0, 0.1) is 0 Å². The van der Waals surface area contributed by atoms with Gasteiger partial charge in [0.25, 0.3) is 0 Å². The normalized spacial score (nSPS) is 11.0. The molecule has 0 bridgehead atoms. The molecule has 37 heavy (non-hydrogen) atoms. The zero-order valence-electron chi connectivity index (χ0n) is 15.9. The van der Waals surface area contributed by atoms with Crippen LogP contribution < -0.4 is 6.15 Å². The summed E-state index contributed by atoms with van der Waals surface area (Å²) in [6, 6.07) is 0. The average Bonchev–Trinajstić information content (AvgIpc) is 2.06. The Hall–Kier alpha value is 2.11. The summed E-state index contributed by atoms with van der Waals surface area (Å²) in [6.07, 6.45) is 0. The summed E-state index contributed by atoms with van der Waals surface area (Å²) in [7, 11) is 0. The average molecular weight is 1250 g/mol. The van der Waals surface area contributed by atoms with Crippen LogP contribution in [0.15, 0.2) is 0 Å². The summed E-state index contributed by atoms with van der Waals surface area (Å²) >= 11 is -38.6. The van der Waals surface area contributed by atoms with Crippen LogP contribution >= 0.6 is 0 Å². The van der Waals surface area contributed by atoms with E-state index in [1.807, 2.05) is 0 Å². The summed E-state index contributed by atoms with van der Waals surface area (Å²) in [6.45, 7) is 0. The van der Waals surface area contributed by atoms with E-state index in [2.05, 4.69) is 0 Å². The van der Waals surface area contributed by atoms with Gasteiger partial charge in [-0.05, 0) is 0 Å². The Kier molecular flexibility index (Phi) is 45.7. The molecule has 0 aliphatic carbocycles. The van der Waals surface area contributed by atoms with E-state index in [1.54, 1.807) is 0 Å². The molecule has 0 fully saturated rings. The van der Waals surface area contributed by atoms with E-state index in [9.17, 15) is 0 Å². The molecule has 0 aromatic carbocycles. The van der Waals surface area contributed by atoms with Gasteiger partial charge < -0.3 is 6.15 Å². The standard InChI is InChI=1S/8Mo.H3N.14H2O.14O/h;;;;;;;;1H3;14*1H2;;;;;;;;;;;;;;/q;7*+2;;;;;;;;;;;;;;;;;;;;;;;;;;;;;/p-14. The molecule has 0 spiro atoms. The molecule has 0 aromatic rings. The van der Waals surface area contributed by atoms with Crippen molar-refractivity contribution < 1.29 is 238 Å². The van der Waals surface area contributed by atoms with Crippen molar-refractivity contribution in [3.8, 4) is 0 Å². The molecule has 238 valence electrons. The maximum atomic E-state index is 8.85. The van der Waals surface area contributed by atoms with Gasteiger partial charge in [-0.3, -0.25) is 0 Å². The molecule has 0 aliphatic rings. The van der Waals surface area contributed by atoms with E-state index < -0.39 is 117 Å². The van der Waals surface area contributed by atoms with E-state index >= 15 is 0 Å². The molecular formula is H17Mo8NO28. The van der Waals surface area contributed by atoms with Crippen molar-refractivity contribution in [1.29, 1.82) is 0 Å². The number of hydrogen-bond acceptors (Lipinski definition) is 15. The first-order chi connectivity index (χ1) is 14.0. The second kappa shape index (κ2) is 27.0. The molecule has 0 amide bonds. The molecule has 0 saturated heterocycles. The SMILES string of the molecule is N.[Mo].[O]=[Mo](=[O])([OH])[OH].[O]=[Mo](=[O])([OH])[OH].[O]=[Mo](=[O])([OH])[OH].[O]=[Mo](=[O])([OH])[OH].[O]=[Mo](=[O])([OH])[OH].[O]=[Mo](=[O])([OH])[OH].[O]=[Mo](=[O])([OH])[OH]. The fourth-order valence-electron chi connectivity index (χ4n) is 0. The second-order valence-electron chi connectivity index (χ2n) is 3.13. The Morgan fingerprint density at radius 3 is 0.216 bits per heavy atom. The van der Waals surface area contributed by atoms with Gasteiger partial charge in [0.05, 0.1) is 0 Å². The van der Waals surface area contributed by atoms with Gasteiger partial charge in [-0.1, -0.05) is 0 Å². The predicted molar refractivity (Wildman–Crippen MR) is 45.7 cm³/mol. The Morgan fingerprint density at radius 2 is 0.216 bits per heavy atom. The van der Waals surface area contributed by atoms with Gasteiger partial charge >= 0.3 is 217 Å². The molecule has 0 aliphatic heterocycles. The van der Waals surface area contributed by atoms with E-state index in [1.165, 1.54) is 0 Å². The fraction of sp³-hybridized carbons (Fsp3) is 0. The minimum absolute atomic E-state index is 0. The van der Waals surface area contributed by atoms with Crippen LogP contribution in [0.2, 0.25) is 0 Å². The van der Waals surface area contributed by atoms with Gasteiger partial charge in [-0.2, -0.15) is 0 Å². The Bertz CT molecular complexity index is 911. The number of hydrogen-bond donors (Lipinski definition) is 15. The van der Waals surface area contributed by atoms with Gasteiger partial charge in [0.2, 0.25) is 0 Å². The van der Waals surface area contributed by atoms with Gasteiger partial charge in [-0.15, -0.1) is 0 Å². The molecule has 17 N–H and O–H groups in total. The quantitative estimate of drug-likeness (QED) is 0.100. The third-order valence-corrected chi connectivity index (χ3v) is 0. The van der Waals surface area contributed by atoms with Gasteiger partial charge in [0.15, 0.2) is 0 Å². The van der Waals surface area contributed by atoms with Crippen LogP contribution in [0.25, 0.3) is 0 Å². The first-order valence-electron chi connectivity index (χ1n) is 4.89. The molecule has 0 radical (unpaired) electrons. The molecule has 0 rings (SSSR count). The van der Waals surface area contributed by atoms with Gasteiger partial charge in [-0.25, -0.2) is 0 Å². The van der Waals surface area contributed by atoms with Gasteiger partial charge in [0.1, 0.15) is 0 Å². The fourth-order valence-corrected chi connectivity index (χ4v) is 0. The minimum atomic E-state index is -5.52. The third-order valence-electron chi connectivity index (χ3n) is 0. The van der Waals surface area contributed by atoms with Crippen LogP contribution in [0.1, 0.15) is 0 Å². The van der Waals surface area contributed by atoms with Crippen molar-refractivity contribution in [2.75, 3.05) is 0 Å². The topological polar surface area (TPSA) is 557 Å². The Labute approximate surface area is 241 Å². The van der Waals surface area contributed by atoms with Crippen molar-refractivity contribution in [2.45, 2.75) is 0 Å². The second-order valence-corrected chi connectivity index (χ2v) is 18.5. The van der Waals surface area contributed by atoms with Crippen molar-refractivity contribution in [3.63, 3.8) is 0 Å². The predicted octanol–water partition coefficient (Wildman–Crippen LogP) is -9.32. The first-order valence-corrected chi connectivity index (χ1v) is 28.9. The molecular weight excluding hydrogens is 1230 g/mol. The summed E-state index contributed by atoms with van der Waals surface area (Å²) in [5.74, 6) is 0. The van der Waals surface area contributed by atoms with E-state index in [-0.39, 0.29) is 27.2 Å². The Morgan fingerprint density at radius 1 is 0.216 bits per heavy atom. The van der Waals surface area contributed by atoms with E-state index in [0.717, 1.165) is 0 Å². The molecule has 0 saturated carbocycles. The zero-order chi connectivity index (χ0) is 31.5. The van der Waals surface area contributed by atoms with Crippen LogP contribution in [0.4, 0.5) is 0 Å². The Balaban J connectivity index is -0.0000000350. The van der Waals surface area contributed by atoms with Crippen LogP contribution in [0.5, 0.6) is 0 Å². The van der Waals surface area contributed by atoms with E-state index in [4.69, 9.17) is 100 Å². The molecule has 37 heteroatoms. The zero-order valence-corrected chi connectivity index (χ0v) is 32.0. The summed E-state index contributed by atoms with van der Waals surface area (Å²) in [5.41, 5.74) is 0. The van der Waals surface area contributed by atoms with Crippen LogP contribution in [-0.2, 0) is 186 Å². The molecule has 0 heterocycles. The molecule has 0 atom stereocenters. The first kappa shape index (κ1) is 62.7. The van der Waals surface area contributed by atoms with E-state index in [0.29, 0.717) is 0 Å². The maximum absolute atomic E-state index is 8.85. The number of rotatable bonds is 0. The molecule has 0 unspecified atom stereocenters. The summed E-state index contributed by atoms with van der Waals surface area (Å²) in [4.78, 5) is 0. The van der Waals surface area contributed by atoms with Crippen molar-refractivity contribution >= 4 is 0 Å².